The molecule has 0 aliphatic rings. The Morgan fingerprint density at radius 2 is 1.71 bits per heavy atom. The van der Waals surface area contributed by atoms with Crippen LogP contribution in [0, 0.1) is 10.1 Å². The van der Waals surface area contributed by atoms with Gasteiger partial charge < -0.3 is 0 Å². The van der Waals surface area contributed by atoms with Crippen molar-refractivity contribution in [1.82, 2.24) is 10.9 Å². The molecular weight excluding hydrogens is 378 g/mol. The van der Waals surface area contributed by atoms with Crippen molar-refractivity contribution in [3.05, 3.63) is 80.3 Å². The maximum atomic E-state index is 11.8. The highest BCUT2D eigenvalue weighted by atomic mass is 79.9. The lowest BCUT2D eigenvalue weighted by atomic mass is 10.1. The van der Waals surface area contributed by atoms with Crippen molar-refractivity contribution in [2.45, 2.75) is 0 Å². The number of nitrogens with one attached hydrogen (secondary N) is 2. The zero-order valence-corrected chi connectivity index (χ0v) is 13.8. The Morgan fingerprint density at radius 3 is 2.38 bits per heavy atom. The monoisotopic (exact) mass is 389 g/mol. The average Bonchev–Trinajstić information content (AvgIpc) is 2.58. The number of halogens is 1. The molecule has 0 fully saturated rings. The van der Waals surface area contributed by atoms with E-state index in [0.29, 0.717) is 5.56 Å². The summed E-state index contributed by atoms with van der Waals surface area (Å²) < 4.78 is 0.829. The van der Waals surface area contributed by atoms with Crippen LogP contribution >= 0.6 is 15.9 Å². The van der Waals surface area contributed by atoms with Crippen molar-refractivity contribution < 1.29 is 14.5 Å². The first-order valence-electron chi connectivity index (χ1n) is 6.75. The first-order chi connectivity index (χ1) is 11.5. The van der Waals surface area contributed by atoms with Crippen LogP contribution in [-0.2, 0) is 4.79 Å². The van der Waals surface area contributed by atoms with E-state index in [1.807, 2.05) is 0 Å². The van der Waals surface area contributed by atoms with Crippen LogP contribution in [0.1, 0.15) is 15.9 Å². The standard InChI is InChI=1S/C16H12BrN3O4/c17-13-8-5-12(6-9-13)16(22)19-18-15(21)10-7-11-3-1-2-4-14(11)20(23)24/h1-10H,(H,18,21)(H,19,22)/b10-7+. The molecule has 0 radical (unpaired) electrons. The predicted molar refractivity (Wildman–Crippen MR) is 91.9 cm³/mol. The van der Waals surface area contributed by atoms with E-state index in [4.69, 9.17) is 0 Å². The third kappa shape index (κ3) is 4.75. The summed E-state index contributed by atoms with van der Waals surface area (Å²) in [5.74, 6) is -1.09. The minimum absolute atomic E-state index is 0.111. The molecule has 0 saturated heterocycles. The molecule has 0 saturated carbocycles. The zero-order chi connectivity index (χ0) is 17.5. The molecule has 0 bridgehead atoms. The number of hydrazine groups is 1. The van der Waals surface area contributed by atoms with E-state index in [0.717, 1.165) is 10.5 Å². The van der Waals surface area contributed by atoms with E-state index in [2.05, 4.69) is 26.8 Å². The van der Waals surface area contributed by atoms with Crippen molar-refractivity contribution >= 4 is 39.5 Å². The fourth-order valence-electron chi connectivity index (χ4n) is 1.79. The van der Waals surface area contributed by atoms with Crippen LogP contribution < -0.4 is 10.9 Å². The van der Waals surface area contributed by atoms with Gasteiger partial charge in [0.25, 0.3) is 17.5 Å². The molecule has 0 aromatic heterocycles. The molecule has 0 aliphatic carbocycles. The molecular formula is C16H12BrN3O4. The highest BCUT2D eigenvalue weighted by molar-refractivity contribution is 9.10. The molecule has 7 nitrogen and oxygen atoms in total. The van der Waals surface area contributed by atoms with Crippen LogP contribution in [0.25, 0.3) is 6.08 Å². The molecule has 2 aromatic carbocycles. The second-order valence-corrected chi connectivity index (χ2v) is 5.52. The van der Waals surface area contributed by atoms with Gasteiger partial charge in [0.05, 0.1) is 10.5 Å². The number of amides is 2. The number of nitro groups is 1. The summed E-state index contributed by atoms with van der Waals surface area (Å²) in [7, 11) is 0. The van der Waals surface area contributed by atoms with E-state index in [9.17, 15) is 19.7 Å². The van der Waals surface area contributed by atoms with Gasteiger partial charge in [-0.25, -0.2) is 0 Å². The summed E-state index contributed by atoms with van der Waals surface area (Å²) in [5.41, 5.74) is 5.01. The van der Waals surface area contributed by atoms with Crippen LogP contribution in [0.2, 0.25) is 0 Å². The number of nitrogens with zero attached hydrogens (tertiary/aromatic N) is 1. The lowest BCUT2D eigenvalue weighted by Gasteiger charge is -2.05. The fourth-order valence-corrected chi connectivity index (χ4v) is 2.06. The van der Waals surface area contributed by atoms with Crippen LogP contribution in [0.5, 0.6) is 0 Å². The third-order valence-corrected chi connectivity index (χ3v) is 3.48. The van der Waals surface area contributed by atoms with Gasteiger partial charge in [0, 0.05) is 22.2 Å². The second-order valence-electron chi connectivity index (χ2n) is 4.60. The molecule has 2 N–H and O–H groups in total. The molecule has 122 valence electrons. The number of carbonyl (C=O) groups excluding carboxylic acids is 2. The molecule has 2 amide bonds. The number of nitro benzene ring substituents is 1. The number of rotatable bonds is 4. The van der Waals surface area contributed by atoms with Crippen molar-refractivity contribution in [3.8, 4) is 0 Å². The summed E-state index contributed by atoms with van der Waals surface area (Å²) in [4.78, 5) is 33.9. The molecule has 2 rings (SSSR count). The first kappa shape index (κ1) is 17.4. The Morgan fingerprint density at radius 1 is 1.04 bits per heavy atom. The first-order valence-corrected chi connectivity index (χ1v) is 7.54. The maximum Gasteiger partial charge on any atom is 0.276 e. The van der Waals surface area contributed by atoms with Crippen LogP contribution in [0.15, 0.2) is 59.1 Å². The summed E-state index contributed by atoms with van der Waals surface area (Å²) >= 11 is 3.26. The lowest BCUT2D eigenvalue weighted by Crippen LogP contribution is -2.40. The van der Waals surface area contributed by atoms with Gasteiger partial charge in [0.1, 0.15) is 0 Å². The molecule has 0 spiro atoms. The molecule has 2 aromatic rings. The topological polar surface area (TPSA) is 101 Å². The molecule has 0 aliphatic heterocycles. The van der Waals surface area contributed by atoms with E-state index < -0.39 is 16.7 Å². The minimum Gasteiger partial charge on any atom is -0.268 e. The second kappa shape index (κ2) is 8.02. The highest BCUT2D eigenvalue weighted by Gasteiger charge is 2.10. The van der Waals surface area contributed by atoms with E-state index in [1.165, 1.54) is 24.3 Å². The summed E-state index contributed by atoms with van der Waals surface area (Å²) in [5, 5.41) is 10.9. The smallest absolute Gasteiger partial charge is 0.268 e. The van der Waals surface area contributed by atoms with E-state index in [-0.39, 0.29) is 11.3 Å². The van der Waals surface area contributed by atoms with Gasteiger partial charge in [-0.05, 0) is 36.4 Å². The minimum atomic E-state index is -0.612. The number of hydrogen-bond donors (Lipinski definition) is 2. The molecule has 24 heavy (non-hydrogen) atoms. The Labute approximate surface area is 145 Å². The van der Waals surface area contributed by atoms with Gasteiger partial charge in [-0.1, -0.05) is 28.1 Å². The number of hydrogen-bond acceptors (Lipinski definition) is 4. The molecule has 0 atom stereocenters. The summed E-state index contributed by atoms with van der Waals surface area (Å²) in [6, 6.07) is 12.6. The third-order valence-electron chi connectivity index (χ3n) is 2.95. The molecule has 0 unspecified atom stereocenters. The van der Waals surface area contributed by atoms with Gasteiger partial charge in [-0.2, -0.15) is 0 Å². The number of carbonyl (C=O) groups is 2. The Kier molecular flexibility index (Phi) is 5.80. The highest BCUT2D eigenvalue weighted by Crippen LogP contribution is 2.18. The summed E-state index contributed by atoms with van der Waals surface area (Å²) in [6.07, 6.45) is 2.41. The lowest BCUT2D eigenvalue weighted by molar-refractivity contribution is -0.385. The Balaban J connectivity index is 1.95. The SMILES string of the molecule is O=C(/C=C/c1ccccc1[N+](=O)[O-])NNC(=O)c1ccc(Br)cc1. The van der Waals surface area contributed by atoms with Crippen LogP contribution in [-0.4, -0.2) is 16.7 Å². The van der Waals surface area contributed by atoms with Gasteiger partial charge in [-0.3, -0.25) is 30.6 Å². The number of para-hydroxylation sites is 1. The maximum absolute atomic E-state index is 11.8. The fraction of sp³-hybridized carbons (Fsp3) is 0. The largest absolute Gasteiger partial charge is 0.276 e. The van der Waals surface area contributed by atoms with Crippen LogP contribution in [0.3, 0.4) is 0 Å². The van der Waals surface area contributed by atoms with Gasteiger partial charge in [0.2, 0.25) is 0 Å². The van der Waals surface area contributed by atoms with Crippen molar-refractivity contribution in [2.24, 2.45) is 0 Å². The number of benzene rings is 2. The Hall–Kier alpha value is -3.00. The Bertz CT molecular complexity index is 803. The van der Waals surface area contributed by atoms with Crippen LogP contribution in [0.4, 0.5) is 5.69 Å². The van der Waals surface area contributed by atoms with Crippen molar-refractivity contribution in [1.29, 1.82) is 0 Å². The normalized spacial score (nSPS) is 10.4. The van der Waals surface area contributed by atoms with Gasteiger partial charge in [-0.15, -0.1) is 0 Å². The molecule has 8 heteroatoms. The van der Waals surface area contributed by atoms with Crippen molar-refractivity contribution in [3.63, 3.8) is 0 Å². The van der Waals surface area contributed by atoms with E-state index in [1.54, 1.807) is 30.3 Å². The van der Waals surface area contributed by atoms with Crippen molar-refractivity contribution in [2.75, 3.05) is 0 Å². The quantitative estimate of drug-likeness (QED) is 0.476. The zero-order valence-electron chi connectivity index (χ0n) is 12.2. The van der Waals surface area contributed by atoms with E-state index >= 15 is 0 Å². The summed E-state index contributed by atoms with van der Waals surface area (Å²) in [6.45, 7) is 0. The average molecular weight is 390 g/mol. The van der Waals surface area contributed by atoms with Gasteiger partial charge in [0.15, 0.2) is 0 Å². The molecule has 0 heterocycles. The predicted octanol–water partition coefficient (Wildman–Crippen LogP) is 2.83. The van der Waals surface area contributed by atoms with Gasteiger partial charge >= 0.3 is 0 Å².